The van der Waals surface area contributed by atoms with Crippen molar-refractivity contribution in [1.29, 1.82) is 0 Å². The van der Waals surface area contributed by atoms with Crippen LogP contribution in [0.5, 0.6) is 0 Å². The summed E-state index contributed by atoms with van der Waals surface area (Å²) < 4.78 is 1.60. The molecule has 0 amide bonds. The molecule has 0 saturated heterocycles. The van der Waals surface area contributed by atoms with Crippen LogP contribution in [0, 0.1) is 0 Å². The van der Waals surface area contributed by atoms with Crippen LogP contribution in [0.3, 0.4) is 0 Å². The molecule has 0 spiro atoms. The van der Waals surface area contributed by atoms with Gasteiger partial charge in [-0.25, -0.2) is 9.50 Å². The highest BCUT2D eigenvalue weighted by atomic mass is 15.3. The van der Waals surface area contributed by atoms with Gasteiger partial charge in [-0.05, 0) is 0 Å². The van der Waals surface area contributed by atoms with Gasteiger partial charge in [0.15, 0.2) is 5.82 Å². The molecule has 0 aliphatic carbocycles. The van der Waals surface area contributed by atoms with Crippen molar-refractivity contribution in [3.63, 3.8) is 0 Å². The largest absolute Gasteiger partial charge is 0.396 e. The van der Waals surface area contributed by atoms with Gasteiger partial charge in [0, 0.05) is 5.92 Å². The molecule has 2 heterocycles. The van der Waals surface area contributed by atoms with Crippen LogP contribution in [0.1, 0.15) is 25.6 Å². The molecule has 0 atom stereocenters. The van der Waals surface area contributed by atoms with Crippen molar-refractivity contribution >= 4 is 11.5 Å². The quantitative estimate of drug-likeness (QED) is 0.700. The van der Waals surface area contributed by atoms with Crippen molar-refractivity contribution in [3.05, 3.63) is 18.2 Å². The Morgan fingerprint density at radius 3 is 2.92 bits per heavy atom. The van der Waals surface area contributed by atoms with E-state index < -0.39 is 0 Å². The first-order valence-electron chi connectivity index (χ1n) is 4.14. The zero-order valence-electron chi connectivity index (χ0n) is 7.60. The fourth-order valence-electron chi connectivity index (χ4n) is 1.06. The molecule has 0 fully saturated rings. The molecule has 0 aliphatic heterocycles. The minimum atomic E-state index is 0.308. The normalized spacial score (nSPS) is 11.3. The number of nitrogens with two attached hydrogens (primary N) is 1. The lowest BCUT2D eigenvalue weighted by atomic mass is 10.2. The standard InChI is InChI=1S/C8H11N5/c1-5(2)7-11-8-10-3-6(9)4-13(8)12-7/h3-5H,9H2,1-2H3. The molecule has 0 saturated carbocycles. The number of rotatable bonds is 1. The third-order valence-electron chi connectivity index (χ3n) is 1.75. The molecule has 68 valence electrons. The molecule has 0 bridgehead atoms. The fourth-order valence-corrected chi connectivity index (χ4v) is 1.06. The highest BCUT2D eigenvalue weighted by Crippen LogP contribution is 2.10. The topological polar surface area (TPSA) is 69.1 Å². The lowest BCUT2D eigenvalue weighted by molar-refractivity contribution is 0.765. The van der Waals surface area contributed by atoms with Crippen molar-refractivity contribution in [2.45, 2.75) is 19.8 Å². The van der Waals surface area contributed by atoms with E-state index in [0.29, 0.717) is 17.4 Å². The van der Waals surface area contributed by atoms with Crippen LogP contribution >= 0.6 is 0 Å². The van der Waals surface area contributed by atoms with E-state index in [2.05, 4.69) is 15.1 Å². The van der Waals surface area contributed by atoms with Crippen LogP contribution in [0.2, 0.25) is 0 Å². The molecular formula is C8H11N5. The Hall–Kier alpha value is -1.65. The number of hydrogen-bond donors (Lipinski definition) is 1. The molecule has 5 heteroatoms. The smallest absolute Gasteiger partial charge is 0.252 e. The van der Waals surface area contributed by atoms with E-state index in [0.717, 1.165) is 5.82 Å². The molecule has 0 radical (unpaired) electrons. The molecule has 0 aromatic carbocycles. The maximum atomic E-state index is 5.56. The van der Waals surface area contributed by atoms with E-state index in [1.807, 2.05) is 13.8 Å². The zero-order valence-corrected chi connectivity index (χ0v) is 7.60. The molecule has 2 N–H and O–H groups in total. The lowest BCUT2D eigenvalue weighted by Gasteiger charge is -1.93. The Morgan fingerprint density at radius 2 is 2.23 bits per heavy atom. The summed E-state index contributed by atoms with van der Waals surface area (Å²) in [7, 11) is 0. The summed E-state index contributed by atoms with van der Waals surface area (Å²) in [4.78, 5) is 8.29. The summed E-state index contributed by atoms with van der Waals surface area (Å²) in [6.45, 7) is 4.08. The first-order chi connectivity index (χ1) is 6.16. The number of anilines is 1. The summed E-state index contributed by atoms with van der Waals surface area (Å²) in [5, 5.41) is 4.24. The van der Waals surface area contributed by atoms with E-state index in [4.69, 9.17) is 5.73 Å². The van der Waals surface area contributed by atoms with Gasteiger partial charge < -0.3 is 5.73 Å². The van der Waals surface area contributed by atoms with Gasteiger partial charge in [0.25, 0.3) is 5.78 Å². The molecule has 2 rings (SSSR count). The number of fused-ring (bicyclic) bond motifs is 1. The maximum absolute atomic E-state index is 5.56. The second-order valence-electron chi connectivity index (χ2n) is 3.26. The highest BCUT2D eigenvalue weighted by molar-refractivity contribution is 5.38. The van der Waals surface area contributed by atoms with E-state index >= 15 is 0 Å². The van der Waals surface area contributed by atoms with Gasteiger partial charge in [0.2, 0.25) is 0 Å². The minimum Gasteiger partial charge on any atom is -0.396 e. The summed E-state index contributed by atoms with van der Waals surface area (Å²) in [6.07, 6.45) is 3.29. The van der Waals surface area contributed by atoms with Gasteiger partial charge in [0.1, 0.15) is 0 Å². The Bertz CT molecular complexity index is 431. The van der Waals surface area contributed by atoms with Crippen LogP contribution < -0.4 is 5.73 Å². The van der Waals surface area contributed by atoms with Crippen molar-refractivity contribution < 1.29 is 0 Å². The summed E-state index contributed by atoms with van der Waals surface area (Å²) >= 11 is 0. The average Bonchev–Trinajstić information content (AvgIpc) is 2.46. The first-order valence-corrected chi connectivity index (χ1v) is 4.14. The van der Waals surface area contributed by atoms with Crippen molar-refractivity contribution in [2.75, 3.05) is 5.73 Å². The van der Waals surface area contributed by atoms with Crippen LogP contribution in [-0.4, -0.2) is 19.6 Å². The molecular weight excluding hydrogens is 166 g/mol. The van der Waals surface area contributed by atoms with E-state index in [-0.39, 0.29) is 0 Å². The molecule has 13 heavy (non-hydrogen) atoms. The number of nitrogens with zero attached hydrogens (tertiary/aromatic N) is 4. The van der Waals surface area contributed by atoms with E-state index in [1.165, 1.54) is 0 Å². The third-order valence-corrected chi connectivity index (χ3v) is 1.75. The Balaban J connectivity index is 2.62. The monoisotopic (exact) mass is 177 g/mol. The zero-order chi connectivity index (χ0) is 9.42. The number of nitrogen functional groups attached to an aromatic ring is 1. The highest BCUT2D eigenvalue weighted by Gasteiger charge is 2.07. The average molecular weight is 177 g/mol. The third kappa shape index (κ3) is 1.32. The van der Waals surface area contributed by atoms with E-state index in [1.54, 1.807) is 16.9 Å². The molecule has 0 unspecified atom stereocenters. The van der Waals surface area contributed by atoms with Gasteiger partial charge in [-0.2, -0.15) is 4.98 Å². The van der Waals surface area contributed by atoms with E-state index in [9.17, 15) is 0 Å². The molecule has 2 aromatic rings. The molecule has 5 nitrogen and oxygen atoms in total. The maximum Gasteiger partial charge on any atom is 0.252 e. The predicted octanol–water partition coefficient (Wildman–Crippen LogP) is 0.830. The summed E-state index contributed by atoms with van der Waals surface area (Å²) in [6, 6.07) is 0. The first kappa shape index (κ1) is 7.97. The summed E-state index contributed by atoms with van der Waals surface area (Å²) in [5.41, 5.74) is 6.15. The van der Waals surface area contributed by atoms with Gasteiger partial charge in [-0.3, -0.25) is 0 Å². The second kappa shape index (κ2) is 2.69. The van der Waals surface area contributed by atoms with Gasteiger partial charge in [-0.15, -0.1) is 5.10 Å². The second-order valence-corrected chi connectivity index (χ2v) is 3.26. The molecule has 0 aliphatic rings. The van der Waals surface area contributed by atoms with Crippen LogP contribution in [0.4, 0.5) is 5.69 Å². The SMILES string of the molecule is CC(C)c1nc2ncc(N)cn2n1. The van der Waals surface area contributed by atoms with Crippen LogP contribution in [0.25, 0.3) is 5.78 Å². The van der Waals surface area contributed by atoms with Gasteiger partial charge >= 0.3 is 0 Å². The number of hydrogen-bond acceptors (Lipinski definition) is 4. The molecule has 2 aromatic heterocycles. The van der Waals surface area contributed by atoms with Crippen LogP contribution in [0.15, 0.2) is 12.4 Å². The Kier molecular flexibility index (Phi) is 1.65. The van der Waals surface area contributed by atoms with Gasteiger partial charge in [-0.1, -0.05) is 13.8 Å². The summed E-state index contributed by atoms with van der Waals surface area (Å²) in [5.74, 6) is 1.69. The lowest BCUT2D eigenvalue weighted by Crippen LogP contribution is -1.94. The van der Waals surface area contributed by atoms with Gasteiger partial charge in [0.05, 0.1) is 18.1 Å². The van der Waals surface area contributed by atoms with Crippen molar-refractivity contribution in [2.24, 2.45) is 0 Å². The Morgan fingerprint density at radius 1 is 1.46 bits per heavy atom. The Labute approximate surface area is 75.6 Å². The minimum absolute atomic E-state index is 0.308. The number of aromatic nitrogens is 4. The van der Waals surface area contributed by atoms with Crippen LogP contribution in [-0.2, 0) is 0 Å². The fraction of sp³-hybridized carbons (Fsp3) is 0.375. The van der Waals surface area contributed by atoms with Crippen molar-refractivity contribution in [1.82, 2.24) is 19.6 Å². The predicted molar refractivity (Wildman–Crippen MR) is 49.3 cm³/mol. The van der Waals surface area contributed by atoms with Crippen molar-refractivity contribution in [3.8, 4) is 0 Å².